The van der Waals surface area contributed by atoms with E-state index < -0.39 is 0 Å². The second kappa shape index (κ2) is 5.73. The highest BCUT2D eigenvalue weighted by Gasteiger charge is 2.49. The Morgan fingerprint density at radius 1 is 1.10 bits per heavy atom. The van der Waals surface area contributed by atoms with E-state index in [0.29, 0.717) is 0 Å². The first kappa shape index (κ1) is 15.1. The predicted octanol–water partition coefficient (Wildman–Crippen LogP) is 3.54. The van der Waals surface area contributed by atoms with Gasteiger partial charge < -0.3 is 9.59 Å². The standard InChI is InChI=1S/C19H30NO/c1-14-6-4-7-15(2)19(14)16(13-21)12-20(3)17-8-5-9-18(20)11-10-17/h4,6-7,16-18,21H,5,8-13H2,1-3H3/q+1. The normalized spacial score (nSPS) is 33.1. The van der Waals surface area contributed by atoms with Crippen molar-refractivity contribution >= 4 is 0 Å². The van der Waals surface area contributed by atoms with Gasteiger partial charge in [-0.1, -0.05) is 18.2 Å². The Hall–Kier alpha value is -0.860. The van der Waals surface area contributed by atoms with Gasteiger partial charge in [-0.25, -0.2) is 0 Å². The van der Waals surface area contributed by atoms with Crippen LogP contribution in [-0.4, -0.2) is 41.9 Å². The van der Waals surface area contributed by atoms with Gasteiger partial charge >= 0.3 is 0 Å². The third-order valence-electron chi connectivity index (χ3n) is 6.36. The quantitative estimate of drug-likeness (QED) is 0.840. The summed E-state index contributed by atoms with van der Waals surface area (Å²) in [6, 6.07) is 8.18. The van der Waals surface area contributed by atoms with E-state index in [4.69, 9.17) is 0 Å². The van der Waals surface area contributed by atoms with Crippen molar-refractivity contribution in [2.75, 3.05) is 20.2 Å². The lowest BCUT2D eigenvalue weighted by Gasteiger charge is -2.46. The Kier molecular flexibility index (Phi) is 4.11. The smallest absolute Gasteiger partial charge is 0.0892 e. The summed E-state index contributed by atoms with van der Waals surface area (Å²) in [7, 11) is 2.46. The number of rotatable bonds is 4. The third kappa shape index (κ3) is 2.53. The number of benzene rings is 1. The molecule has 3 atom stereocenters. The number of aliphatic hydroxyl groups excluding tert-OH is 1. The lowest BCUT2D eigenvalue weighted by atomic mass is 9.88. The minimum Gasteiger partial charge on any atom is -0.396 e. The van der Waals surface area contributed by atoms with E-state index >= 15 is 0 Å². The van der Waals surface area contributed by atoms with Crippen LogP contribution in [0.15, 0.2) is 18.2 Å². The topological polar surface area (TPSA) is 20.2 Å². The zero-order chi connectivity index (χ0) is 15.0. The van der Waals surface area contributed by atoms with Crippen molar-refractivity contribution in [1.29, 1.82) is 0 Å². The summed E-state index contributed by atoms with van der Waals surface area (Å²) in [5, 5.41) is 10.1. The molecule has 3 rings (SSSR count). The van der Waals surface area contributed by atoms with Crippen molar-refractivity contribution in [1.82, 2.24) is 0 Å². The number of nitrogens with zero attached hydrogens (tertiary/aromatic N) is 1. The number of hydrogen-bond acceptors (Lipinski definition) is 1. The van der Waals surface area contributed by atoms with Gasteiger partial charge in [0.2, 0.25) is 0 Å². The summed E-state index contributed by atoms with van der Waals surface area (Å²) >= 11 is 0. The van der Waals surface area contributed by atoms with E-state index in [1.807, 2.05) is 0 Å². The maximum absolute atomic E-state index is 10.1. The molecule has 116 valence electrons. The van der Waals surface area contributed by atoms with Crippen LogP contribution in [0.3, 0.4) is 0 Å². The van der Waals surface area contributed by atoms with Gasteiger partial charge in [-0.3, -0.25) is 0 Å². The summed E-state index contributed by atoms with van der Waals surface area (Å²) in [5.41, 5.74) is 4.07. The fourth-order valence-corrected chi connectivity index (χ4v) is 5.22. The molecule has 2 nitrogen and oxygen atoms in total. The number of likely N-dealkylation sites (N-methyl/N-ethyl adjacent to an activating group) is 1. The monoisotopic (exact) mass is 288 g/mol. The molecular formula is C19H30NO+. The lowest BCUT2D eigenvalue weighted by Crippen LogP contribution is -2.57. The van der Waals surface area contributed by atoms with Crippen LogP contribution in [0.1, 0.15) is 54.7 Å². The van der Waals surface area contributed by atoms with Crippen molar-refractivity contribution in [2.24, 2.45) is 0 Å². The molecule has 2 fully saturated rings. The summed E-state index contributed by atoms with van der Waals surface area (Å²) in [5.74, 6) is 0.289. The van der Waals surface area contributed by atoms with E-state index in [-0.39, 0.29) is 12.5 Å². The fourth-order valence-electron chi connectivity index (χ4n) is 5.22. The average Bonchev–Trinajstić information content (AvgIpc) is 2.66. The molecule has 3 unspecified atom stereocenters. The number of hydrogen-bond donors (Lipinski definition) is 1. The molecule has 2 heteroatoms. The number of aliphatic hydroxyl groups is 1. The Morgan fingerprint density at radius 3 is 2.19 bits per heavy atom. The van der Waals surface area contributed by atoms with Crippen LogP contribution in [0.4, 0.5) is 0 Å². The van der Waals surface area contributed by atoms with Crippen LogP contribution >= 0.6 is 0 Å². The van der Waals surface area contributed by atoms with E-state index in [2.05, 4.69) is 39.1 Å². The molecule has 2 aliphatic heterocycles. The molecule has 0 saturated carbocycles. The highest BCUT2D eigenvalue weighted by Crippen LogP contribution is 2.43. The van der Waals surface area contributed by atoms with Crippen LogP contribution in [0, 0.1) is 13.8 Å². The minimum atomic E-state index is 0.277. The van der Waals surface area contributed by atoms with Crippen LogP contribution in [-0.2, 0) is 0 Å². The van der Waals surface area contributed by atoms with Crippen molar-refractivity contribution in [2.45, 2.75) is 64.0 Å². The van der Waals surface area contributed by atoms with Gasteiger partial charge in [0.15, 0.2) is 0 Å². The number of piperidine rings is 1. The van der Waals surface area contributed by atoms with E-state index in [9.17, 15) is 5.11 Å². The second-order valence-electron chi connectivity index (χ2n) is 7.53. The third-order valence-corrected chi connectivity index (χ3v) is 6.36. The summed E-state index contributed by atoms with van der Waals surface area (Å²) < 4.78 is 1.21. The molecule has 2 heterocycles. The Labute approximate surface area is 129 Å². The molecule has 0 amide bonds. The minimum absolute atomic E-state index is 0.277. The van der Waals surface area contributed by atoms with Crippen molar-refractivity contribution in [3.63, 3.8) is 0 Å². The Bertz CT molecular complexity index is 474. The zero-order valence-electron chi connectivity index (χ0n) is 13.8. The van der Waals surface area contributed by atoms with Crippen molar-refractivity contribution in [3.8, 4) is 0 Å². The molecule has 1 aromatic rings. The van der Waals surface area contributed by atoms with E-state index in [1.54, 1.807) is 0 Å². The van der Waals surface area contributed by atoms with Gasteiger partial charge in [0.05, 0.1) is 38.2 Å². The van der Waals surface area contributed by atoms with Crippen LogP contribution < -0.4 is 0 Å². The van der Waals surface area contributed by atoms with Gasteiger partial charge in [-0.2, -0.15) is 0 Å². The van der Waals surface area contributed by atoms with Crippen molar-refractivity contribution < 1.29 is 9.59 Å². The fraction of sp³-hybridized carbons (Fsp3) is 0.684. The molecule has 1 N–H and O–H groups in total. The molecule has 0 aliphatic carbocycles. The Morgan fingerprint density at radius 2 is 1.67 bits per heavy atom. The zero-order valence-corrected chi connectivity index (χ0v) is 13.8. The lowest BCUT2D eigenvalue weighted by molar-refractivity contribution is -0.949. The molecular weight excluding hydrogens is 258 g/mol. The highest BCUT2D eigenvalue weighted by atomic mass is 16.3. The molecule has 2 aliphatic rings. The van der Waals surface area contributed by atoms with Crippen LogP contribution in [0.2, 0.25) is 0 Å². The van der Waals surface area contributed by atoms with Gasteiger partial charge in [0.25, 0.3) is 0 Å². The molecule has 2 saturated heterocycles. The average molecular weight is 288 g/mol. The van der Waals surface area contributed by atoms with Gasteiger partial charge in [-0.05, 0) is 49.8 Å². The van der Waals surface area contributed by atoms with Gasteiger partial charge in [-0.15, -0.1) is 0 Å². The Balaban J connectivity index is 1.88. The van der Waals surface area contributed by atoms with E-state index in [1.165, 1.54) is 53.3 Å². The van der Waals surface area contributed by atoms with Crippen molar-refractivity contribution in [3.05, 3.63) is 34.9 Å². The molecule has 21 heavy (non-hydrogen) atoms. The molecule has 0 spiro atoms. The first-order valence-corrected chi connectivity index (χ1v) is 8.58. The molecule has 1 aromatic carbocycles. The number of fused-ring (bicyclic) bond motifs is 2. The van der Waals surface area contributed by atoms with Gasteiger partial charge in [0, 0.05) is 12.8 Å². The van der Waals surface area contributed by atoms with Gasteiger partial charge in [0.1, 0.15) is 0 Å². The molecule has 0 aromatic heterocycles. The molecule has 2 bridgehead atoms. The first-order valence-electron chi connectivity index (χ1n) is 8.58. The summed E-state index contributed by atoms with van der Waals surface area (Å²) in [6.07, 6.45) is 6.98. The second-order valence-corrected chi connectivity index (χ2v) is 7.53. The van der Waals surface area contributed by atoms with Crippen LogP contribution in [0.25, 0.3) is 0 Å². The maximum atomic E-state index is 10.1. The SMILES string of the molecule is Cc1cccc(C)c1C(CO)C[N+]1(C)C2CCCC1CC2. The summed E-state index contributed by atoms with van der Waals surface area (Å²) in [4.78, 5) is 0. The van der Waals surface area contributed by atoms with Crippen LogP contribution in [0.5, 0.6) is 0 Å². The number of quaternary nitrogens is 1. The largest absolute Gasteiger partial charge is 0.396 e. The first-order chi connectivity index (χ1) is 10.1. The maximum Gasteiger partial charge on any atom is 0.0892 e. The predicted molar refractivity (Wildman–Crippen MR) is 87.5 cm³/mol. The number of aryl methyl sites for hydroxylation is 2. The molecule has 0 radical (unpaired) electrons. The highest BCUT2D eigenvalue weighted by molar-refractivity contribution is 5.36. The summed E-state index contributed by atoms with van der Waals surface area (Å²) in [6.45, 7) is 5.77. The van der Waals surface area contributed by atoms with E-state index in [0.717, 1.165) is 18.6 Å².